The van der Waals surface area contributed by atoms with Gasteiger partial charge in [0.2, 0.25) is 0 Å². The molecular weight excluding hydrogens is 236 g/mol. The number of hydrogen-bond acceptors (Lipinski definition) is 3. The summed E-state index contributed by atoms with van der Waals surface area (Å²) in [5, 5.41) is 3.31. The maximum absolute atomic E-state index is 4.66. The van der Waals surface area contributed by atoms with Gasteiger partial charge in [0.25, 0.3) is 0 Å². The van der Waals surface area contributed by atoms with E-state index in [1.165, 1.54) is 11.1 Å². The van der Waals surface area contributed by atoms with E-state index in [0.29, 0.717) is 0 Å². The number of rotatable bonds is 2. The van der Waals surface area contributed by atoms with Gasteiger partial charge in [0.05, 0.1) is 0 Å². The fourth-order valence-corrected chi connectivity index (χ4v) is 2.21. The summed E-state index contributed by atoms with van der Waals surface area (Å²) in [7, 11) is 0. The second-order valence-electron chi connectivity index (χ2n) is 4.79. The van der Waals surface area contributed by atoms with Crippen LogP contribution in [0.3, 0.4) is 0 Å². The smallest absolute Gasteiger partial charge is 0.148 e. The lowest BCUT2D eigenvalue weighted by Gasteiger charge is -2.11. The Balaban J connectivity index is 2.03. The van der Waals surface area contributed by atoms with Crippen molar-refractivity contribution in [2.75, 3.05) is 13.1 Å². The summed E-state index contributed by atoms with van der Waals surface area (Å²) in [5.41, 5.74) is 4.37. The van der Waals surface area contributed by atoms with Crippen molar-refractivity contribution in [1.29, 1.82) is 0 Å². The van der Waals surface area contributed by atoms with Gasteiger partial charge in [0.1, 0.15) is 17.2 Å². The zero-order valence-electron chi connectivity index (χ0n) is 11.3. The molecule has 1 N–H and O–H groups in total. The molecule has 2 aromatic rings. The molecule has 19 heavy (non-hydrogen) atoms. The zero-order chi connectivity index (χ0) is 13.2. The lowest BCUT2D eigenvalue weighted by atomic mass is 10.1. The van der Waals surface area contributed by atoms with Gasteiger partial charge in [-0.05, 0) is 43.5 Å². The third kappa shape index (κ3) is 2.26. The summed E-state index contributed by atoms with van der Waals surface area (Å²) in [6, 6.07) is 4.23. The molecule has 98 valence electrons. The fourth-order valence-electron chi connectivity index (χ4n) is 2.21. The zero-order valence-corrected chi connectivity index (χ0v) is 11.3. The number of imidazole rings is 1. The van der Waals surface area contributed by atoms with Crippen molar-refractivity contribution >= 4 is 17.1 Å². The van der Waals surface area contributed by atoms with Crippen LogP contribution < -0.4 is 5.32 Å². The maximum atomic E-state index is 4.66. The quantitative estimate of drug-likeness (QED) is 0.894. The van der Waals surface area contributed by atoms with Crippen molar-refractivity contribution in [3.8, 4) is 0 Å². The summed E-state index contributed by atoms with van der Waals surface area (Å²) in [6.45, 7) is 6.04. The van der Waals surface area contributed by atoms with E-state index in [2.05, 4.69) is 53.5 Å². The number of aromatic nitrogens is 2. The molecular formula is C15H18N4. The highest BCUT2D eigenvalue weighted by Gasteiger charge is 2.11. The molecule has 2 aromatic heterocycles. The summed E-state index contributed by atoms with van der Waals surface area (Å²) in [6.07, 6.45) is 7.29. The predicted molar refractivity (Wildman–Crippen MR) is 78.5 cm³/mol. The molecule has 0 aliphatic carbocycles. The molecule has 0 unspecified atom stereocenters. The van der Waals surface area contributed by atoms with Crippen LogP contribution in [0.1, 0.15) is 31.5 Å². The molecule has 3 rings (SSSR count). The summed E-state index contributed by atoms with van der Waals surface area (Å²) in [5.74, 6) is 0.916. The van der Waals surface area contributed by atoms with Crippen molar-refractivity contribution in [3.63, 3.8) is 0 Å². The Bertz CT molecular complexity index is 664. The topological polar surface area (TPSA) is 41.7 Å². The minimum atomic E-state index is 0.888. The third-order valence-electron chi connectivity index (χ3n) is 3.49. The van der Waals surface area contributed by atoms with Gasteiger partial charge in [0.15, 0.2) is 0 Å². The Morgan fingerprint density at radius 3 is 3.11 bits per heavy atom. The third-order valence-corrected chi connectivity index (χ3v) is 3.49. The van der Waals surface area contributed by atoms with Crippen LogP contribution in [0.25, 0.3) is 11.2 Å². The lowest BCUT2D eigenvalue weighted by molar-refractivity contribution is 0.741. The van der Waals surface area contributed by atoms with E-state index in [0.717, 1.165) is 36.7 Å². The van der Waals surface area contributed by atoms with Gasteiger partial charge in [-0.3, -0.25) is 4.99 Å². The molecule has 0 saturated heterocycles. The molecule has 0 amide bonds. The minimum Gasteiger partial charge on any atom is -0.368 e. The van der Waals surface area contributed by atoms with Crippen molar-refractivity contribution in [1.82, 2.24) is 14.7 Å². The van der Waals surface area contributed by atoms with E-state index >= 15 is 0 Å². The standard InChI is InChI=1S/C15H18N4/c1-3-11(2)12-5-8-19-10-13(18-14(19)9-12)15-16-6-4-7-17-15/h3,5,8-10H,4,6-7H2,1-2H3,(H,16,17). The number of allylic oxidation sites excluding steroid dienone is 2. The van der Waals surface area contributed by atoms with E-state index < -0.39 is 0 Å². The van der Waals surface area contributed by atoms with Crippen molar-refractivity contribution < 1.29 is 0 Å². The molecule has 1 aliphatic heterocycles. The lowest BCUT2D eigenvalue weighted by Crippen LogP contribution is -2.30. The Labute approximate surface area is 112 Å². The number of hydrogen-bond donors (Lipinski definition) is 1. The molecule has 4 heteroatoms. The highest BCUT2D eigenvalue weighted by Crippen LogP contribution is 2.16. The molecule has 3 heterocycles. The van der Waals surface area contributed by atoms with Gasteiger partial charge in [0, 0.05) is 25.5 Å². The predicted octanol–water partition coefficient (Wildman–Crippen LogP) is 2.50. The minimum absolute atomic E-state index is 0.888. The van der Waals surface area contributed by atoms with E-state index in [1.54, 1.807) is 0 Å². The van der Waals surface area contributed by atoms with Crippen LogP contribution in [0.5, 0.6) is 0 Å². The van der Waals surface area contributed by atoms with E-state index in [4.69, 9.17) is 0 Å². The Kier molecular flexibility index (Phi) is 3.07. The first-order valence-electron chi connectivity index (χ1n) is 6.68. The van der Waals surface area contributed by atoms with Crippen molar-refractivity contribution in [3.05, 3.63) is 41.9 Å². The van der Waals surface area contributed by atoms with Crippen LogP contribution >= 0.6 is 0 Å². The number of fused-ring (bicyclic) bond motifs is 1. The largest absolute Gasteiger partial charge is 0.368 e. The van der Waals surface area contributed by atoms with Crippen LogP contribution in [0.4, 0.5) is 0 Å². The van der Waals surface area contributed by atoms with Crippen LogP contribution in [-0.4, -0.2) is 28.3 Å². The van der Waals surface area contributed by atoms with Crippen molar-refractivity contribution in [2.24, 2.45) is 4.99 Å². The summed E-state index contributed by atoms with van der Waals surface area (Å²) in [4.78, 5) is 9.14. The number of nitrogens with zero attached hydrogens (tertiary/aromatic N) is 3. The number of aliphatic imine (C=N–C) groups is 1. The molecule has 0 fully saturated rings. The molecule has 0 aromatic carbocycles. The van der Waals surface area contributed by atoms with Gasteiger partial charge in [-0.2, -0.15) is 0 Å². The number of nitrogens with one attached hydrogen (secondary N) is 1. The molecule has 4 nitrogen and oxygen atoms in total. The normalized spacial score (nSPS) is 16.3. The molecule has 0 radical (unpaired) electrons. The molecule has 0 atom stereocenters. The fraction of sp³-hybridized carbons (Fsp3) is 0.333. The first kappa shape index (κ1) is 12.0. The monoisotopic (exact) mass is 254 g/mol. The van der Waals surface area contributed by atoms with Gasteiger partial charge in [-0.15, -0.1) is 0 Å². The summed E-state index contributed by atoms with van der Waals surface area (Å²) >= 11 is 0. The summed E-state index contributed by atoms with van der Waals surface area (Å²) < 4.78 is 2.04. The van der Waals surface area contributed by atoms with Crippen LogP contribution in [0.2, 0.25) is 0 Å². The number of amidine groups is 1. The SMILES string of the molecule is CC=C(C)c1ccn2cc(C3=NCCCN3)nc2c1. The first-order chi connectivity index (χ1) is 9.28. The second-order valence-corrected chi connectivity index (χ2v) is 4.79. The van der Waals surface area contributed by atoms with Crippen LogP contribution in [-0.2, 0) is 0 Å². The maximum Gasteiger partial charge on any atom is 0.148 e. The highest BCUT2D eigenvalue weighted by atomic mass is 15.1. The van der Waals surface area contributed by atoms with E-state index in [-0.39, 0.29) is 0 Å². The Hall–Kier alpha value is -2.10. The average molecular weight is 254 g/mol. The number of pyridine rings is 1. The van der Waals surface area contributed by atoms with Crippen molar-refractivity contribution in [2.45, 2.75) is 20.3 Å². The molecule has 0 bridgehead atoms. The van der Waals surface area contributed by atoms with Gasteiger partial charge in [-0.25, -0.2) is 4.98 Å². The molecule has 0 spiro atoms. The molecule has 0 saturated carbocycles. The van der Waals surface area contributed by atoms with E-state index in [9.17, 15) is 0 Å². The Morgan fingerprint density at radius 1 is 1.47 bits per heavy atom. The van der Waals surface area contributed by atoms with Crippen LogP contribution in [0, 0.1) is 0 Å². The van der Waals surface area contributed by atoms with Gasteiger partial charge < -0.3 is 9.72 Å². The van der Waals surface area contributed by atoms with Crippen LogP contribution in [0.15, 0.2) is 35.6 Å². The second kappa shape index (κ2) is 4.88. The van der Waals surface area contributed by atoms with Gasteiger partial charge >= 0.3 is 0 Å². The van der Waals surface area contributed by atoms with E-state index in [1.807, 2.05) is 10.6 Å². The Morgan fingerprint density at radius 2 is 2.37 bits per heavy atom. The highest BCUT2D eigenvalue weighted by molar-refractivity contribution is 5.97. The van der Waals surface area contributed by atoms with Gasteiger partial charge in [-0.1, -0.05) is 6.08 Å². The molecule has 1 aliphatic rings. The first-order valence-corrected chi connectivity index (χ1v) is 6.68. The average Bonchev–Trinajstić information content (AvgIpc) is 2.90.